The zero-order chi connectivity index (χ0) is 16.4. The van der Waals surface area contributed by atoms with Gasteiger partial charge in [-0.2, -0.15) is 0 Å². The molecule has 0 bridgehead atoms. The Hall–Kier alpha value is -2.38. The van der Waals surface area contributed by atoms with Gasteiger partial charge in [0.15, 0.2) is 0 Å². The first-order valence-corrected chi connectivity index (χ1v) is 9.06. The number of hydrogen-bond donors (Lipinski definition) is 2. The van der Waals surface area contributed by atoms with Crippen LogP contribution in [0.3, 0.4) is 0 Å². The Bertz CT molecular complexity index is 926. The van der Waals surface area contributed by atoms with E-state index in [4.69, 9.17) is 5.11 Å². The monoisotopic (exact) mass is 347 g/mol. The minimum Gasteiger partial charge on any atom is -0.481 e. The van der Waals surface area contributed by atoms with Crippen molar-refractivity contribution in [1.29, 1.82) is 0 Å². The molecule has 0 saturated heterocycles. The lowest BCUT2D eigenvalue weighted by molar-refractivity contribution is -0.136. The van der Waals surface area contributed by atoms with Crippen LogP contribution in [0.1, 0.15) is 5.56 Å². The molecule has 0 saturated carbocycles. The van der Waals surface area contributed by atoms with Crippen molar-refractivity contribution in [3.05, 3.63) is 60.2 Å². The molecular weight excluding hydrogens is 334 g/mol. The molecule has 118 valence electrons. The van der Waals surface area contributed by atoms with Crippen LogP contribution in [-0.2, 0) is 21.2 Å². The van der Waals surface area contributed by atoms with Crippen LogP contribution in [0, 0.1) is 0 Å². The first-order chi connectivity index (χ1) is 10.9. The highest BCUT2D eigenvalue weighted by Gasteiger charge is 2.17. The largest absolute Gasteiger partial charge is 0.481 e. The third kappa shape index (κ3) is 3.52. The van der Waals surface area contributed by atoms with Crippen molar-refractivity contribution in [2.45, 2.75) is 10.6 Å². The summed E-state index contributed by atoms with van der Waals surface area (Å²) in [5, 5.41) is 9.61. The van der Waals surface area contributed by atoms with Crippen molar-refractivity contribution >= 4 is 43.1 Å². The number of hydrogen-bond acceptors (Lipinski definition) is 4. The van der Waals surface area contributed by atoms with Gasteiger partial charge in [-0.05, 0) is 35.2 Å². The number of rotatable bonds is 5. The van der Waals surface area contributed by atoms with Crippen LogP contribution in [0.15, 0.2) is 58.8 Å². The molecule has 23 heavy (non-hydrogen) atoms. The first-order valence-electron chi connectivity index (χ1n) is 6.76. The van der Waals surface area contributed by atoms with Crippen LogP contribution in [0.2, 0.25) is 0 Å². The Balaban J connectivity index is 1.84. The van der Waals surface area contributed by atoms with Crippen molar-refractivity contribution in [1.82, 2.24) is 0 Å². The molecule has 0 radical (unpaired) electrons. The average molecular weight is 347 g/mol. The topological polar surface area (TPSA) is 83.5 Å². The number of carboxylic acid groups (broad SMARTS) is 1. The van der Waals surface area contributed by atoms with E-state index in [-0.39, 0.29) is 10.6 Å². The molecule has 0 amide bonds. The molecule has 5 nitrogen and oxygen atoms in total. The van der Waals surface area contributed by atoms with Crippen LogP contribution in [0.5, 0.6) is 0 Å². The normalized spacial score (nSPS) is 11.5. The summed E-state index contributed by atoms with van der Waals surface area (Å²) in [4.78, 5) is 10.6. The number of anilines is 1. The lowest BCUT2D eigenvalue weighted by Crippen LogP contribution is -2.11. The van der Waals surface area contributed by atoms with E-state index < -0.39 is 16.0 Å². The fourth-order valence-electron chi connectivity index (χ4n) is 2.16. The SMILES string of the molecule is O=C(O)Cc1ccc(NS(=O)(=O)c2cc3ccccc3s2)cc1. The summed E-state index contributed by atoms with van der Waals surface area (Å²) in [6.45, 7) is 0. The number of benzene rings is 2. The Kier molecular flexibility index (Phi) is 4.06. The molecule has 0 aliphatic rings. The van der Waals surface area contributed by atoms with Gasteiger partial charge in [0.2, 0.25) is 0 Å². The van der Waals surface area contributed by atoms with Crippen LogP contribution in [-0.4, -0.2) is 19.5 Å². The van der Waals surface area contributed by atoms with Crippen LogP contribution >= 0.6 is 11.3 Å². The van der Waals surface area contributed by atoms with E-state index in [0.717, 1.165) is 10.1 Å². The summed E-state index contributed by atoms with van der Waals surface area (Å²) < 4.78 is 28.5. The zero-order valence-electron chi connectivity index (χ0n) is 11.9. The molecule has 2 N–H and O–H groups in total. The fourth-order valence-corrected chi connectivity index (χ4v) is 4.62. The van der Waals surface area contributed by atoms with Crippen LogP contribution in [0.4, 0.5) is 5.69 Å². The van der Waals surface area contributed by atoms with E-state index in [1.54, 1.807) is 30.3 Å². The molecule has 3 aromatic rings. The third-order valence-electron chi connectivity index (χ3n) is 3.23. The number of fused-ring (bicyclic) bond motifs is 1. The average Bonchev–Trinajstić information content (AvgIpc) is 2.93. The van der Waals surface area contributed by atoms with E-state index in [9.17, 15) is 13.2 Å². The van der Waals surface area contributed by atoms with Gasteiger partial charge in [-0.25, -0.2) is 8.42 Å². The molecule has 2 aromatic carbocycles. The molecule has 0 aliphatic heterocycles. The Morgan fingerprint density at radius 3 is 2.43 bits per heavy atom. The molecule has 0 fully saturated rings. The van der Waals surface area contributed by atoms with Gasteiger partial charge in [-0.3, -0.25) is 9.52 Å². The summed E-state index contributed by atoms with van der Waals surface area (Å²) in [5.41, 5.74) is 1.01. The van der Waals surface area contributed by atoms with Gasteiger partial charge >= 0.3 is 5.97 Å². The predicted molar refractivity (Wildman–Crippen MR) is 90.4 cm³/mol. The molecule has 7 heteroatoms. The van der Waals surface area contributed by atoms with Crippen molar-refractivity contribution in [2.75, 3.05) is 4.72 Å². The smallest absolute Gasteiger partial charge is 0.307 e. The molecule has 0 spiro atoms. The maximum atomic E-state index is 12.4. The highest BCUT2D eigenvalue weighted by Crippen LogP contribution is 2.30. The maximum absolute atomic E-state index is 12.4. The van der Waals surface area contributed by atoms with E-state index in [1.165, 1.54) is 11.3 Å². The van der Waals surface area contributed by atoms with Crippen molar-refractivity contribution in [3.63, 3.8) is 0 Å². The van der Waals surface area contributed by atoms with Crippen molar-refractivity contribution < 1.29 is 18.3 Å². The minimum atomic E-state index is -3.66. The maximum Gasteiger partial charge on any atom is 0.307 e. The van der Waals surface area contributed by atoms with E-state index >= 15 is 0 Å². The summed E-state index contributed by atoms with van der Waals surface area (Å²) in [7, 11) is -3.66. The molecule has 1 aromatic heterocycles. The molecule has 0 atom stereocenters. The number of thiophene rings is 1. The van der Waals surface area contributed by atoms with Gasteiger partial charge in [0.05, 0.1) is 6.42 Å². The lowest BCUT2D eigenvalue weighted by atomic mass is 10.1. The van der Waals surface area contributed by atoms with E-state index in [0.29, 0.717) is 11.3 Å². The second-order valence-electron chi connectivity index (χ2n) is 4.98. The quantitative estimate of drug-likeness (QED) is 0.741. The minimum absolute atomic E-state index is 0.0939. The number of sulfonamides is 1. The molecule has 1 heterocycles. The van der Waals surface area contributed by atoms with Crippen molar-refractivity contribution in [3.8, 4) is 0 Å². The van der Waals surface area contributed by atoms with Crippen LogP contribution < -0.4 is 4.72 Å². The number of aliphatic carboxylic acids is 1. The van der Waals surface area contributed by atoms with Crippen LogP contribution in [0.25, 0.3) is 10.1 Å². The van der Waals surface area contributed by atoms with Gasteiger partial charge in [0, 0.05) is 10.4 Å². The standard InChI is InChI=1S/C16H13NO4S2/c18-15(19)9-11-5-7-13(8-6-11)17-23(20,21)16-10-12-3-1-2-4-14(12)22-16/h1-8,10,17H,9H2,(H,18,19). The van der Waals surface area contributed by atoms with E-state index in [2.05, 4.69) is 4.72 Å². The number of carboxylic acids is 1. The molecule has 0 aliphatic carbocycles. The second kappa shape index (κ2) is 6.02. The van der Waals surface area contributed by atoms with Gasteiger partial charge in [0.25, 0.3) is 10.0 Å². The van der Waals surface area contributed by atoms with Gasteiger partial charge in [-0.1, -0.05) is 30.3 Å². The summed E-state index contributed by atoms with van der Waals surface area (Å²) >= 11 is 1.21. The summed E-state index contributed by atoms with van der Waals surface area (Å²) in [6, 6.07) is 15.4. The number of nitrogens with one attached hydrogen (secondary N) is 1. The van der Waals surface area contributed by atoms with E-state index in [1.807, 2.05) is 24.3 Å². The fraction of sp³-hybridized carbons (Fsp3) is 0.0625. The van der Waals surface area contributed by atoms with Gasteiger partial charge in [0.1, 0.15) is 4.21 Å². The highest BCUT2D eigenvalue weighted by molar-refractivity contribution is 7.94. The van der Waals surface area contributed by atoms with Crippen molar-refractivity contribution in [2.24, 2.45) is 0 Å². The third-order valence-corrected chi connectivity index (χ3v) is 6.20. The molecular formula is C16H13NO4S2. The summed E-state index contributed by atoms with van der Waals surface area (Å²) in [5.74, 6) is -0.927. The zero-order valence-corrected chi connectivity index (χ0v) is 13.5. The number of carbonyl (C=O) groups is 1. The molecule has 3 rings (SSSR count). The Morgan fingerprint density at radius 2 is 1.78 bits per heavy atom. The first kappa shape index (κ1) is 15.5. The summed E-state index contributed by atoms with van der Waals surface area (Å²) in [6.07, 6.45) is -0.0939. The highest BCUT2D eigenvalue weighted by atomic mass is 32.2. The lowest BCUT2D eigenvalue weighted by Gasteiger charge is -2.06. The molecule has 0 unspecified atom stereocenters. The van der Waals surface area contributed by atoms with Gasteiger partial charge in [-0.15, -0.1) is 11.3 Å². The Labute approximate surface area is 137 Å². The Morgan fingerprint density at radius 1 is 1.09 bits per heavy atom. The van der Waals surface area contributed by atoms with Gasteiger partial charge < -0.3 is 5.11 Å². The second-order valence-corrected chi connectivity index (χ2v) is 7.97. The predicted octanol–water partition coefficient (Wildman–Crippen LogP) is 3.33.